The quantitative estimate of drug-likeness (QED) is 0.420. The lowest BCUT2D eigenvalue weighted by molar-refractivity contribution is -0.112. The van der Waals surface area contributed by atoms with E-state index >= 15 is 0 Å². The molecular formula is C28H39ClN2O5. The third-order valence-electron chi connectivity index (χ3n) is 7.56. The van der Waals surface area contributed by atoms with E-state index in [1.54, 1.807) is 28.4 Å². The Bertz CT molecular complexity index is 1010. The zero-order valence-corrected chi connectivity index (χ0v) is 22.9. The Balaban J connectivity index is 0.00000361. The number of likely N-dealkylation sites (N-methyl/N-ethyl adjacent to an activating group) is 1. The number of nitrogens with zero attached hydrogens (tertiary/aromatic N) is 2. The number of carbonyl (C=O) groups is 1. The Kier molecular flexibility index (Phi) is 9.88. The predicted octanol–water partition coefficient (Wildman–Crippen LogP) is 3.77. The van der Waals surface area contributed by atoms with E-state index in [-0.39, 0.29) is 18.4 Å². The molecule has 2 aromatic rings. The molecule has 0 bridgehead atoms. The number of ether oxygens (including phenoxy) is 4. The normalized spacial score (nSPS) is 17.6. The Labute approximate surface area is 221 Å². The largest absolute Gasteiger partial charge is 0.493 e. The highest BCUT2D eigenvalue weighted by Crippen LogP contribution is 2.42. The van der Waals surface area contributed by atoms with Gasteiger partial charge in [0.15, 0.2) is 23.0 Å². The van der Waals surface area contributed by atoms with Crippen LogP contribution in [0.5, 0.6) is 23.0 Å². The van der Waals surface area contributed by atoms with E-state index in [1.165, 1.54) is 22.3 Å². The molecular weight excluding hydrogens is 480 g/mol. The van der Waals surface area contributed by atoms with Crippen LogP contribution in [0.2, 0.25) is 0 Å². The fourth-order valence-electron chi connectivity index (χ4n) is 5.46. The van der Waals surface area contributed by atoms with Gasteiger partial charge in [0.2, 0.25) is 0 Å². The zero-order valence-electron chi connectivity index (χ0n) is 22.0. The number of aldehydes is 1. The van der Waals surface area contributed by atoms with Crippen molar-refractivity contribution in [2.75, 3.05) is 61.7 Å². The van der Waals surface area contributed by atoms with Crippen LogP contribution in [0.3, 0.4) is 0 Å². The molecule has 8 heteroatoms. The van der Waals surface area contributed by atoms with E-state index in [2.05, 4.69) is 41.1 Å². The molecule has 0 saturated heterocycles. The van der Waals surface area contributed by atoms with Crippen molar-refractivity contribution in [2.45, 2.75) is 37.6 Å². The van der Waals surface area contributed by atoms with Gasteiger partial charge in [-0.05, 0) is 85.8 Å². The second-order valence-electron chi connectivity index (χ2n) is 9.57. The number of rotatable bonds is 11. The molecule has 7 nitrogen and oxygen atoms in total. The number of fused-ring (bicyclic) bond motifs is 2. The SMILES string of the molecule is COc1cc2c(cc1OC)CCN(C(C=O)CCN(C)C[C@H]1Cc3cc(OC)c(OC)cc31)CC2.Cl. The topological polar surface area (TPSA) is 60.5 Å². The minimum atomic E-state index is -0.0754. The van der Waals surface area contributed by atoms with Crippen LogP contribution in [0.15, 0.2) is 24.3 Å². The molecule has 1 aliphatic carbocycles. The van der Waals surface area contributed by atoms with Crippen LogP contribution in [0, 0.1) is 0 Å². The maximum Gasteiger partial charge on any atom is 0.161 e. The summed E-state index contributed by atoms with van der Waals surface area (Å²) in [5, 5.41) is 0. The first-order valence-electron chi connectivity index (χ1n) is 12.4. The van der Waals surface area contributed by atoms with E-state index in [4.69, 9.17) is 18.9 Å². The molecule has 2 aromatic carbocycles. The van der Waals surface area contributed by atoms with Gasteiger partial charge in [-0.15, -0.1) is 12.4 Å². The summed E-state index contributed by atoms with van der Waals surface area (Å²) in [6.07, 6.45) is 4.81. The Hall–Kier alpha value is -2.48. The molecule has 0 spiro atoms. The number of hydrogen-bond acceptors (Lipinski definition) is 7. The molecule has 36 heavy (non-hydrogen) atoms. The molecule has 2 atom stereocenters. The van der Waals surface area contributed by atoms with Crippen LogP contribution < -0.4 is 18.9 Å². The second-order valence-corrected chi connectivity index (χ2v) is 9.57. The zero-order chi connectivity index (χ0) is 24.9. The predicted molar refractivity (Wildman–Crippen MR) is 144 cm³/mol. The summed E-state index contributed by atoms with van der Waals surface area (Å²) in [4.78, 5) is 16.7. The van der Waals surface area contributed by atoms with Gasteiger partial charge >= 0.3 is 0 Å². The summed E-state index contributed by atoms with van der Waals surface area (Å²) in [7, 11) is 8.84. The minimum Gasteiger partial charge on any atom is -0.493 e. The molecule has 198 valence electrons. The average molecular weight is 519 g/mol. The highest BCUT2D eigenvalue weighted by Gasteiger charge is 2.30. The van der Waals surface area contributed by atoms with Crippen LogP contribution >= 0.6 is 12.4 Å². The molecule has 1 aliphatic heterocycles. The Morgan fingerprint density at radius 2 is 1.39 bits per heavy atom. The van der Waals surface area contributed by atoms with E-state index < -0.39 is 0 Å². The van der Waals surface area contributed by atoms with Crippen molar-refractivity contribution in [3.8, 4) is 23.0 Å². The molecule has 0 amide bonds. The number of benzene rings is 2. The van der Waals surface area contributed by atoms with Crippen LogP contribution in [0.1, 0.15) is 34.6 Å². The molecule has 0 saturated carbocycles. The van der Waals surface area contributed by atoms with Gasteiger partial charge < -0.3 is 28.6 Å². The average Bonchev–Trinajstić information content (AvgIpc) is 3.08. The minimum absolute atomic E-state index is 0. The van der Waals surface area contributed by atoms with Crippen molar-refractivity contribution < 1.29 is 23.7 Å². The highest BCUT2D eigenvalue weighted by atomic mass is 35.5. The lowest BCUT2D eigenvalue weighted by Gasteiger charge is -2.35. The van der Waals surface area contributed by atoms with E-state index in [9.17, 15) is 4.79 Å². The molecule has 0 fully saturated rings. The van der Waals surface area contributed by atoms with Crippen molar-refractivity contribution in [1.82, 2.24) is 9.80 Å². The molecule has 0 N–H and O–H groups in total. The summed E-state index contributed by atoms with van der Waals surface area (Å²) in [6.45, 7) is 3.59. The van der Waals surface area contributed by atoms with Crippen LogP contribution in [-0.2, 0) is 24.1 Å². The molecule has 0 aromatic heterocycles. The molecule has 2 aliphatic rings. The summed E-state index contributed by atoms with van der Waals surface area (Å²) < 4.78 is 21.9. The monoisotopic (exact) mass is 518 g/mol. The molecule has 1 heterocycles. The van der Waals surface area contributed by atoms with Gasteiger partial charge in [-0.2, -0.15) is 0 Å². The fraction of sp³-hybridized carbons (Fsp3) is 0.536. The summed E-state index contributed by atoms with van der Waals surface area (Å²) in [5.74, 6) is 3.60. The number of carbonyl (C=O) groups excluding carboxylic acids is 1. The van der Waals surface area contributed by atoms with Crippen molar-refractivity contribution in [3.05, 3.63) is 46.5 Å². The lowest BCUT2D eigenvalue weighted by Crippen LogP contribution is -2.41. The van der Waals surface area contributed by atoms with Crippen molar-refractivity contribution in [3.63, 3.8) is 0 Å². The Morgan fingerprint density at radius 1 is 0.889 bits per heavy atom. The third-order valence-corrected chi connectivity index (χ3v) is 7.56. The first-order chi connectivity index (χ1) is 17.0. The van der Waals surface area contributed by atoms with Gasteiger partial charge in [-0.1, -0.05) is 0 Å². The van der Waals surface area contributed by atoms with Gasteiger partial charge in [-0.3, -0.25) is 4.90 Å². The first-order valence-corrected chi connectivity index (χ1v) is 12.4. The maximum atomic E-state index is 12.1. The second kappa shape index (κ2) is 12.7. The van der Waals surface area contributed by atoms with E-state index in [1.807, 2.05) is 0 Å². The van der Waals surface area contributed by atoms with E-state index in [0.717, 1.165) is 81.1 Å². The number of hydrogen-bond donors (Lipinski definition) is 0. The third kappa shape index (κ3) is 5.90. The standard InChI is InChI=1S/C28H38N2O5.ClH/c1-29(17-22-12-21-15-27(34-4)28(35-5)16-24(21)22)9-8-23(18-31)30-10-6-19-13-25(32-2)26(33-3)14-20(19)7-11-30;/h13-16,18,22-23H,6-12,17H2,1-5H3;1H/t22-,23?;/m1./s1. The lowest BCUT2D eigenvalue weighted by atomic mass is 9.77. The Morgan fingerprint density at radius 3 is 1.89 bits per heavy atom. The van der Waals surface area contributed by atoms with Gasteiger partial charge in [0.25, 0.3) is 0 Å². The van der Waals surface area contributed by atoms with Crippen LogP contribution in [-0.4, -0.2) is 83.8 Å². The van der Waals surface area contributed by atoms with E-state index in [0.29, 0.717) is 5.92 Å². The maximum absolute atomic E-state index is 12.1. The molecule has 1 unspecified atom stereocenters. The van der Waals surface area contributed by atoms with Gasteiger partial charge in [0.1, 0.15) is 6.29 Å². The van der Waals surface area contributed by atoms with Crippen LogP contribution in [0.4, 0.5) is 0 Å². The van der Waals surface area contributed by atoms with Gasteiger partial charge in [0.05, 0.1) is 34.5 Å². The summed E-state index contributed by atoms with van der Waals surface area (Å²) in [5.41, 5.74) is 5.24. The van der Waals surface area contributed by atoms with Crippen LogP contribution in [0.25, 0.3) is 0 Å². The smallest absolute Gasteiger partial charge is 0.161 e. The van der Waals surface area contributed by atoms with Gasteiger partial charge in [0, 0.05) is 25.6 Å². The first kappa shape index (κ1) is 28.1. The molecule has 4 rings (SSSR count). The summed E-state index contributed by atoms with van der Waals surface area (Å²) >= 11 is 0. The molecule has 0 radical (unpaired) electrons. The number of halogens is 1. The fourth-order valence-corrected chi connectivity index (χ4v) is 5.46. The van der Waals surface area contributed by atoms with Crippen molar-refractivity contribution in [1.29, 1.82) is 0 Å². The highest BCUT2D eigenvalue weighted by molar-refractivity contribution is 5.85. The number of methoxy groups -OCH3 is 4. The van der Waals surface area contributed by atoms with Gasteiger partial charge in [-0.25, -0.2) is 0 Å². The van der Waals surface area contributed by atoms with Crippen molar-refractivity contribution in [2.24, 2.45) is 0 Å². The van der Waals surface area contributed by atoms with Crippen molar-refractivity contribution >= 4 is 18.7 Å². The summed E-state index contributed by atoms with van der Waals surface area (Å²) in [6, 6.07) is 8.30.